The van der Waals surface area contributed by atoms with Crippen LogP contribution in [0.25, 0.3) is 0 Å². The number of amides is 1. The summed E-state index contributed by atoms with van der Waals surface area (Å²) in [6, 6.07) is -0.280. The maximum Gasteiger partial charge on any atom is 0.347 e. The molecule has 2 aromatic rings. The molecular formula is C17H21ClFN5O4S. The van der Waals surface area contributed by atoms with Crippen molar-refractivity contribution in [2.75, 3.05) is 25.1 Å². The molecule has 1 aliphatic rings. The van der Waals surface area contributed by atoms with Crippen molar-refractivity contribution in [3.8, 4) is 0 Å². The number of anilines is 1. The predicted molar refractivity (Wildman–Crippen MR) is 106 cm³/mol. The van der Waals surface area contributed by atoms with E-state index in [-0.39, 0.29) is 39.6 Å². The number of carbonyl (C=O) groups excluding carboxylic acids is 1. The number of thiazole rings is 1. The van der Waals surface area contributed by atoms with Crippen molar-refractivity contribution in [3.05, 3.63) is 27.2 Å². The summed E-state index contributed by atoms with van der Waals surface area (Å²) in [5.41, 5.74) is 0.611. The topological polar surface area (TPSA) is 120 Å². The summed E-state index contributed by atoms with van der Waals surface area (Å²) >= 11 is 6.93. The van der Waals surface area contributed by atoms with Crippen molar-refractivity contribution in [3.63, 3.8) is 0 Å². The van der Waals surface area contributed by atoms with Gasteiger partial charge in [-0.3, -0.25) is 4.79 Å². The SMILES string of the molecule is CCc1[nH]c(C(=O)N[C@H]2CCN(c3nc(CF)c(C(=O)O)s3)C[C@H]2OC)nc1Cl. The third-order valence-electron chi connectivity index (χ3n) is 4.75. The predicted octanol–water partition coefficient (Wildman–Crippen LogP) is 2.27. The van der Waals surface area contributed by atoms with Crippen LogP contribution in [0.1, 0.15) is 45.0 Å². The van der Waals surface area contributed by atoms with Gasteiger partial charge in [-0.25, -0.2) is 19.2 Å². The minimum absolute atomic E-state index is 0.0803. The largest absolute Gasteiger partial charge is 0.477 e. The summed E-state index contributed by atoms with van der Waals surface area (Å²) < 4.78 is 18.6. The van der Waals surface area contributed by atoms with E-state index in [1.54, 1.807) is 0 Å². The average molecular weight is 446 g/mol. The zero-order valence-electron chi connectivity index (χ0n) is 15.9. The maximum absolute atomic E-state index is 13.1. The first-order valence-electron chi connectivity index (χ1n) is 8.99. The smallest absolute Gasteiger partial charge is 0.347 e. The zero-order valence-corrected chi connectivity index (χ0v) is 17.4. The number of ether oxygens (including phenoxy) is 1. The number of aryl methyl sites for hydroxylation is 1. The third-order valence-corrected chi connectivity index (χ3v) is 6.21. The van der Waals surface area contributed by atoms with E-state index in [0.29, 0.717) is 36.8 Å². The van der Waals surface area contributed by atoms with Crippen molar-refractivity contribution in [1.82, 2.24) is 20.3 Å². The number of aromatic carboxylic acids is 1. The number of H-pyrrole nitrogens is 1. The molecule has 2 atom stereocenters. The van der Waals surface area contributed by atoms with Gasteiger partial charge in [0.2, 0.25) is 0 Å². The number of carboxylic acid groups (broad SMARTS) is 1. The van der Waals surface area contributed by atoms with Gasteiger partial charge in [-0.1, -0.05) is 29.9 Å². The molecule has 0 spiro atoms. The normalized spacial score (nSPS) is 19.4. The summed E-state index contributed by atoms with van der Waals surface area (Å²) in [4.78, 5) is 36.6. The number of methoxy groups -OCH3 is 1. The zero-order chi connectivity index (χ0) is 21.1. The van der Waals surface area contributed by atoms with Gasteiger partial charge < -0.3 is 25.0 Å². The highest BCUT2D eigenvalue weighted by Crippen LogP contribution is 2.30. The number of nitrogens with zero attached hydrogens (tertiary/aromatic N) is 3. The van der Waals surface area contributed by atoms with E-state index in [9.17, 15) is 19.1 Å². The number of hydrogen-bond acceptors (Lipinski definition) is 7. The Kier molecular flexibility index (Phi) is 6.70. The fourth-order valence-corrected chi connectivity index (χ4v) is 4.40. The van der Waals surface area contributed by atoms with E-state index in [1.807, 2.05) is 11.8 Å². The molecule has 158 valence electrons. The number of hydrogen-bond donors (Lipinski definition) is 3. The molecular weight excluding hydrogens is 425 g/mol. The number of nitrogens with one attached hydrogen (secondary N) is 2. The van der Waals surface area contributed by atoms with E-state index in [0.717, 1.165) is 11.3 Å². The van der Waals surface area contributed by atoms with E-state index in [2.05, 4.69) is 20.3 Å². The summed E-state index contributed by atoms with van der Waals surface area (Å²) in [5, 5.41) is 12.8. The van der Waals surface area contributed by atoms with Gasteiger partial charge in [0.15, 0.2) is 16.1 Å². The van der Waals surface area contributed by atoms with E-state index < -0.39 is 12.6 Å². The summed E-state index contributed by atoms with van der Waals surface area (Å²) in [6.45, 7) is 1.84. The van der Waals surface area contributed by atoms with Crippen LogP contribution in [0.2, 0.25) is 5.15 Å². The van der Waals surface area contributed by atoms with Gasteiger partial charge >= 0.3 is 5.97 Å². The number of rotatable bonds is 7. The van der Waals surface area contributed by atoms with Crippen LogP contribution in [-0.4, -0.2) is 64.3 Å². The lowest BCUT2D eigenvalue weighted by atomic mass is 10.0. The number of carbonyl (C=O) groups is 2. The summed E-state index contributed by atoms with van der Waals surface area (Å²) in [7, 11) is 1.53. The number of piperidine rings is 1. The molecule has 29 heavy (non-hydrogen) atoms. The Hall–Kier alpha value is -2.24. The first-order chi connectivity index (χ1) is 13.9. The second-order valence-corrected chi connectivity index (χ2v) is 7.84. The molecule has 12 heteroatoms. The Labute approximate surface area is 175 Å². The lowest BCUT2D eigenvalue weighted by Gasteiger charge is -2.37. The fraction of sp³-hybridized carbons (Fsp3) is 0.529. The minimum Gasteiger partial charge on any atom is -0.477 e. The van der Waals surface area contributed by atoms with Crippen molar-refractivity contribution >= 4 is 39.9 Å². The number of halogens is 2. The fourth-order valence-electron chi connectivity index (χ4n) is 3.19. The van der Waals surface area contributed by atoms with Crippen molar-refractivity contribution in [2.45, 2.75) is 38.6 Å². The van der Waals surface area contributed by atoms with E-state index >= 15 is 0 Å². The van der Waals surface area contributed by atoms with Gasteiger partial charge in [0, 0.05) is 20.2 Å². The Bertz CT molecular complexity index is 905. The lowest BCUT2D eigenvalue weighted by molar-refractivity contribution is 0.0538. The molecule has 1 aliphatic heterocycles. The van der Waals surface area contributed by atoms with Crippen LogP contribution in [0.5, 0.6) is 0 Å². The van der Waals surface area contributed by atoms with E-state index in [4.69, 9.17) is 16.3 Å². The molecule has 1 fully saturated rings. The molecule has 0 saturated carbocycles. The first-order valence-corrected chi connectivity index (χ1v) is 10.2. The first kappa shape index (κ1) is 21.5. The average Bonchev–Trinajstić information content (AvgIpc) is 3.31. The van der Waals surface area contributed by atoms with Crippen LogP contribution < -0.4 is 10.2 Å². The minimum atomic E-state index is -1.20. The van der Waals surface area contributed by atoms with Crippen molar-refractivity contribution in [2.24, 2.45) is 0 Å². The Morgan fingerprint density at radius 2 is 2.24 bits per heavy atom. The summed E-state index contributed by atoms with van der Waals surface area (Å²) in [6.07, 6.45) is 0.798. The molecule has 1 saturated heterocycles. The second-order valence-electron chi connectivity index (χ2n) is 6.51. The molecule has 9 nitrogen and oxygen atoms in total. The molecule has 2 aromatic heterocycles. The van der Waals surface area contributed by atoms with Crippen LogP contribution in [0.3, 0.4) is 0 Å². The second kappa shape index (κ2) is 9.06. The molecule has 3 N–H and O–H groups in total. The molecule has 3 rings (SSSR count). The number of aromatic nitrogens is 3. The number of alkyl halides is 1. The molecule has 0 aliphatic carbocycles. The molecule has 0 unspecified atom stereocenters. The maximum atomic E-state index is 13.1. The van der Waals surface area contributed by atoms with Gasteiger partial charge in [-0.2, -0.15) is 0 Å². The molecule has 0 bridgehead atoms. The molecule has 1 amide bonds. The standard InChI is InChI=1S/C17H21ClFN5O4S/c1-3-8-13(18)23-14(20-8)15(25)21-9-4-5-24(7-11(9)28-2)17-22-10(6-19)12(29-17)16(26)27/h9,11H,3-7H2,1-2H3,(H,20,23)(H,21,25)(H,26,27)/t9-,11+/m0/s1. The van der Waals surface area contributed by atoms with Crippen molar-refractivity contribution < 1.29 is 23.8 Å². The Balaban J connectivity index is 1.69. The highest BCUT2D eigenvalue weighted by molar-refractivity contribution is 7.17. The molecule has 0 aromatic carbocycles. The van der Waals surface area contributed by atoms with Gasteiger partial charge in [0.1, 0.15) is 11.6 Å². The van der Waals surface area contributed by atoms with Gasteiger partial charge in [-0.15, -0.1) is 0 Å². The third kappa shape index (κ3) is 4.51. The van der Waals surface area contributed by atoms with Gasteiger partial charge in [0.05, 0.1) is 23.5 Å². The van der Waals surface area contributed by atoms with Crippen LogP contribution >= 0.6 is 22.9 Å². The molecule has 0 radical (unpaired) electrons. The molecule has 3 heterocycles. The number of aromatic amines is 1. The summed E-state index contributed by atoms with van der Waals surface area (Å²) in [5.74, 6) is -1.44. The number of carboxylic acids is 1. The van der Waals surface area contributed by atoms with Crippen LogP contribution in [-0.2, 0) is 17.8 Å². The van der Waals surface area contributed by atoms with Gasteiger partial charge in [-0.05, 0) is 12.8 Å². The van der Waals surface area contributed by atoms with E-state index in [1.165, 1.54) is 7.11 Å². The monoisotopic (exact) mass is 445 g/mol. The highest BCUT2D eigenvalue weighted by atomic mass is 35.5. The Morgan fingerprint density at radius 3 is 2.79 bits per heavy atom. The highest BCUT2D eigenvalue weighted by Gasteiger charge is 2.33. The van der Waals surface area contributed by atoms with Crippen LogP contribution in [0.15, 0.2) is 0 Å². The lowest BCUT2D eigenvalue weighted by Crippen LogP contribution is -2.55. The quantitative estimate of drug-likeness (QED) is 0.597. The van der Waals surface area contributed by atoms with Crippen molar-refractivity contribution in [1.29, 1.82) is 0 Å². The van der Waals surface area contributed by atoms with Crippen LogP contribution in [0.4, 0.5) is 9.52 Å². The van der Waals surface area contributed by atoms with Crippen LogP contribution in [0, 0.1) is 0 Å². The Morgan fingerprint density at radius 1 is 1.48 bits per heavy atom. The van der Waals surface area contributed by atoms with Gasteiger partial charge in [0.25, 0.3) is 5.91 Å². The number of imidazole rings is 1.